The first-order chi connectivity index (χ1) is 7.18. The lowest BCUT2D eigenvalue weighted by Crippen LogP contribution is -2.52. The number of halogens is 2. The second-order valence-electron chi connectivity index (χ2n) is 3.66. The SMILES string of the molecule is CC1CNCCN1C(=O)c1ccc(Br)o1.Cl. The van der Waals surface area contributed by atoms with E-state index in [2.05, 4.69) is 21.2 Å². The molecule has 2 rings (SSSR count). The molecular weight excluding hydrogens is 295 g/mol. The molecule has 1 aliphatic heterocycles. The van der Waals surface area contributed by atoms with E-state index in [0.717, 1.165) is 19.6 Å². The highest BCUT2D eigenvalue weighted by atomic mass is 79.9. The van der Waals surface area contributed by atoms with Gasteiger partial charge in [-0.25, -0.2) is 0 Å². The minimum atomic E-state index is -0.0327. The van der Waals surface area contributed by atoms with Crippen molar-refractivity contribution in [1.82, 2.24) is 10.2 Å². The molecule has 1 aromatic rings. The molecule has 1 fully saturated rings. The molecule has 1 saturated heterocycles. The van der Waals surface area contributed by atoms with Crippen molar-refractivity contribution in [2.45, 2.75) is 13.0 Å². The fraction of sp³-hybridized carbons (Fsp3) is 0.500. The first-order valence-corrected chi connectivity index (χ1v) is 5.75. The molecule has 1 unspecified atom stereocenters. The second kappa shape index (κ2) is 5.70. The Morgan fingerprint density at radius 2 is 2.38 bits per heavy atom. The van der Waals surface area contributed by atoms with Gasteiger partial charge in [0.1, 0.15) is 0 Å². The molecule has 1 aliphatic rings. The summed E-state index contributed by atoms with van der Waals surface area (Å²) in [6, 6.07) is 3.65. The Kier molecular flexibility index (Phi) is 4.83. The maximum absolute atomic E-state index is 12.0. The monoisotopic (exact) mass is 308 g/mol. The normalized spacial score (nSPS) is 20.4. The van der Waals surface area contributed by atoms with Crippen molar-refractivity contribution in [2.75, 3.05) is 19.6 Å². The fourth-order valence-electron chi connectivity index (χ4n) is 1.71. The zero-order valence-corrected chi connectivity index (χ0v) is 11.3. The van der Waals surface area contributed by atoms with Crippen molar-refractivity contribution in [2.24, 2.45) is 0 Å². The van der Waals surface area contributed by atoms with Crippen LogP contribution in [-0.2, 0) is 0 Å². The van der Waals surface area contributed by atoms with Gasteiger partial charge in [0.15, 0.2) is 10.4 Å². The molecule has 6 heteroatoms. The van der Waals surface area contributed by atoms with E-state index in [1.165, 1.54) is 0 Å². The summed E-state index contributed by atoms with van der Waals surface area (Å²) in [6.45, 7) is 4.45. The van der Waals surface area contributed by atoms with Crippen molar-refractivity contribution < 1.29 is 9.21 Å². The third-order valence-electron chi connectivity index (χ3n) is 2.55. The number of hydrogen-bond acceptors (Lipinski definition) is 3. The number of piperazine rings is 1. The number of furan rings is 1. The van der Waals surface area contributed by atoms with Crippen LogP contribution in [-0.4, -0.2) is 36.5 Å². The fourth-order valence-corrected chi connectivity index (χ4v) is 2.02. The average Bonchev–Trinajstić information content (AvgIpc) is 2.65. The largest absolute Gasteiger partial charge is 0.444 e. The van der Waals surface area contributed by atoms with Gasteiger partial charge >= 0.3 is 0 Å². The van der Waals surface area contributed by atoms with Gasteiger partial charge in [0.25, 0.3) is 5.91 Å². The quantitative estimate of drug-likeness (QED) is 0.862. The molecular formula is C10H14BrClN2O2. The topological polar surface area (TPSA) is 45.5 Å². The number of amides is 1. The number of rotatable bonds is 1. The molecule has 0 bridgehead atoms. The van der Waals surface area contributed by atoms with Crippen LogP contribution in [0, 0.1) is 0 Å². The molecule has 1 amide bonds. The van der Waals surface area contributed by atoms with Crippen LogP contribution in [0.5, 0.6) is 0 Å². The van der Waals surface area contributed by atoms with E-state index < -0.39 is 0 Å². The van der Waals surface area contributed by atoms with Gasteiger partial charge in [0.2, 0.25) is 0 Å². The van der Waals surface area contributed by atoms with Crippen LogP contribution in [0.25, 0.3) is 0 Å². The molecule has 1 N–H and O–H groups in total. The highest BCUT2D eigenvalue weighted by Gasteiger charge is 2.25. The highest BCUT2D eigenvalue weighted by Crippen LogP contribution is 2.17. The van der Waals surface area contributed by atoms with E-state index in [4.69, 9.17) is 4.42 Å². The standard InChI is InChI=1S/C10H13BrN2O2.ClH/c1-7-6-12-4-5-13(7)10(14)8-2-3-9(11)15-8;/h2-3,7,12H,4-6H2,1H3;1H. The summed E-state index contributed by atoms with van der Waals surface area (Å²) in [6.07, 6.45) is 0. The smallest absolute Gasteiger partial charge is 0.289 e. The molecule has 1 atom stereocenters. The number of nitrogens with one attached hydrogen (secondary N) is 1. The Morgan fingerprint density at radius 1 is 1.62 bits per heavy atom. The Balaban J connectivity index is 0.00000128. The summed E-state index contributed by atoms with van der Waals surface area (Å²) in [4.78, 5) is 13.8. The highest BCUT2D eigenvalue weighted by molar-refractivity contribution is 9.10. The minimum absolute atomic E-state index is 0. The van der Waals surface area contributed by atoms with Crippen LogP contribution in [0.15, 0.2) is 21.2 Å². The summed E-state index contributed by atoms with van der Waals surface area (Å²) in [5.74, 6) is 0.366. The third kappa shape index (κ3) is 2.78. The minimum Gasteiger partial charge on any atom is -0.444 e. The van der Waals surface area contributed by atoms with Crippen LogP contribution in [0.2, 0.25) is 0 Å². The Morgan fingerprint density at radius 3 is 2.94 bits per heavy atom. The van der Waals surface area contributed by atoms with Crippen LogP contribution >= 0.6 is 28.3 Å². The van der Waals surface area contributed by atoms with Crippen LogP contribution < -0.4 is 5.32 Å². The van der Waals surface area contributed by atoms with Crippen LogP contribution in [0.1, 0.15) is 17.5 Å². The van der Waals surface area contributed by atoms with Crippen LogP contribution in [0.4, 0.5) is 0 Å². The summed E-state index contributed by atoms with van der Waals surface area (Å²) in [7, 11) is 0. The van der Waals surface area contributed by atoms with Gasteiger partial charge in [-0.15, -0.1) is 12.4 Å². The number of carbonyl (C=O) groups is 1. The van der Waals surface area contributed by atoms with Crippen molar-refractivity contribution in [3.63, 3.8) is 0 Å². The predicted octanol–water partition coefficient (Wildman–Crippen LogP) is 1.90. The van der Waals surface area contributed by atoms with E-state index in [9.17, 15) is 4.79 Å². The van der Waals surface area contributed by atoms with E-state index in [0.29, 0.717) is 10.4 Å². The predicted molar refractivity (Wildman–Crippen MR) is 67.0 cm³/mol. The van der Waals surface area contributed by atoms with E-state index in [1.54, 1.807) is 12.1 Å². The van der Waals surface area contributed by atoms with E-state index in [1.807, 2.05) is 11.8 Å². The van der Waals surface area contributed by atoms with Gasteiger partial charge in [0, 0.05) is 25.7 Å². The van der Waals surface area contributed by atoms with Crippen molar-refractivity contribution >= 4 is 34.2 Å². The van der Waals surface area contributed by atoms with E-state index >= 15 is 0 Å². The van der Waals surface area contributed by atoms with Crippen molar-refractivity contribution in [3.05, 3.63) is 22.6 Å². The van der Waals surface area contributed by atoms with Crippen molar-refractivity contribution in [3.8, 4) is 0 Å². The first-order valence-electron chi connectivity index (χ1n) is 4.95. The molecule has 2 heterocycles. The second-order valence-corrected chi connectivity index (χ2v) is 4.44. The van der Waals surface area contributed by atoms with Gasteiger partial charge in [-0.3, -0.25) is 4.79 Å². The number of hydrogen-bond donors (Lipinski definition) is 1. The van der Waals surface area contributed by atoms with Gasteiger partial charge < -0.3 is 14.6 Å². The lowest BCUT2D eigenvalue weighted by atomic mass is 10.2. The summed E-state index contributed by atoms with van der Waals surface area (Å²) in [5, 5.41) is 3.24. The molecule has 1 aromatic heterocycles. The molecule has 0 aromatic carbocycles. The van der Waals surface area contributed by atoms with Gasteiger partial charge in [-0.2, -0.15) is 0 Å². The van der Waals surface area contributed by atoms with Gasteiger partial charge in [0.05, 0.1) is 0 Å². The number of carbonyl (C=O) groups excluding carboxylic acids is 1. The van der Waals surface area contributed by atoms with Crippen LogP contribution in [0.3, 0.4) is 0 Å². The molecule has 16 heavy (non-hydrogen) atoms. The zero-order valence-electron chi connectivity index (χ0n) is 8.90. The Bertz CT molecular complexity index is 369. The molecule has 0 aliphatic carbocycles. The molecule has 90 valence electrons. The maximum atomic E-state index is 12.0. The third-order valence-corrected chi connectivity index (χ3v) is 2.97. The van der Waals surface area contributed by atoms with Gasteiger partial charge in [-0.05, 0) is 35.0 Å². The average molecular weight is 310 g/mol. The first kappa shape index (κ1) is 13.5. The molecule has 0 saturated carbocycles. The lowest BCUT2D eigenvalue weighted by Gasteiger charge is -2.33. The van der Waals surface area contributed by atoms with Crippen molar-refractivity contribution in [1.29, 1.82) is 0 Å². The van der Waals surface area contributed by atoms with Gasteiger partial charge in [-0.1, -0.05) is 0 Å². The molecule has 0 radical (unpaired) electrons. The maximum Gasteiger partial charge on any atom is 0.289 e. The lowest BCUT2D eigenvalue weighted by molar-refractivity contribution is 0.0622. The summed E-state index contributed by atoms with van der Waals surface area (Å²) < 4.78 is 5.84. The van der Waals surface area contributed by atoms with E-state index in [-0.39, 0.29) is 24.4 Å². The molecule has 0 spiro atoms. The summed E-state index contributed by atoms with van der Waals surface area (Å²) in [5.41, 5.74) is 0. The molecule has 4 nitrogen and oxygen atoms in total. The zero-order chi connectivity index (χ0) is 10.8. The number of nitrogens with zero attached hydrogens (tertiary/aromatic N) is 1. The summed E-state index contributed by atoms with van der Waals surface area (Å²) >= 11 is 3.19. The Hall–Kier alpha value is -0.520. The Labute approximate surface area is 109 Å².